The maximum absolute atomic E-state index is 12.6. The van der Waals surface area contributed by atoms with Crippen molar-refractivity contribution in [2.24, 2.45) is 5.92 Å². The molecule has 4 rings (SSSR count). The van der Waals surface area contributed by atoms with Crippen LogP contribution in [-0.4, -0.2) is 59.8 Å². The quantitative estimate of drug-likeness (QED) is 0.688. The minimum absolute atomic E-state index is 0.104. The molecular formula is C22H29N3O5. The number of hydrogen-bond donors (Lipinski definition) is 0. The molecule has 2 aliphatic rings. The Morgan fingerprint density at radius 3 is 2.67 bits per heavy atom. The van der Waals surface area contributed by atoms with Crippen LogP contribution in [-0.2, 0) is 17.8 Å². The van der Waals surface area contributed by atoms with Crippen molar-refractivity contribution in [1.82, 2.24) is 14.8 Å². The van der Waals surface area contributed by atoms with Crippen molar-refractivity contribution in [2.75, 3.05) is 33.1 Å². The highest BCUT2D eigenvalue weighted by molar-refractivity contribution is 5.92. The third-order valence-corrected chi connectivity index (χ3v) is 5.77. The third kappa shape index (κ3) is 4.60. The van der Waals surface area contributed by atoms with E-state index in [-0.39, 0.29) is 12.7 Å². The molecule has 30 heavy (non-hydrogen) atoms. The molecule has 1 saturated heterocycles. The largest absolute Gasteiger partial charge is 0.454 e. The van der Waals surface area contributed by atoms with Gasteiger partial charge in [-0.1, -0.05) is 19.9 Å². The lowest BCUT2D eigenvalue weighted by atomic mass is 10.0. The van der Waals surface area contributed by atoms with Crippen LogP contribution in [0.4, 0.5) is 0 Å². The average Bonchev–Trinajstić information content (AvgIpc) is 3.42. The summed E-state index contributed by atoms with van der Waals surface area (Å²) < 4.78 is 21.9. The number of hydrogen-bond acceptors (Lipinski definition) is 7. The van der Waals surface area contributed by atoms with Crippen LogP contribution in [0, 0.1) is 5.92 Å². The predicted molar refractivity (Wildman–Crippen MR) is 109 cm³/mol. The van der Waals surface area contributed by atoms with Gasteiger partial charge in [0.15, 0.2) is 17.2 Å². The van der Waals surface area contributed by atoms with E-state index < -0.39 is 0 Å². The summed E-state index contributed by atoms with van der Waals surface area (Å²) in [5.74, 6) is 2.44. The van der Waals surface area contributed by atoms with Gasteiger partial charge >= 0.3 is 0 Å². The molecule has 3 heterocycles. The average molecular weight is 415 g/mol. The summed E-state index contributed by atoms with van der Waals surface area (Å²) in [5, 5.41) is 0. The fraction of sp³-hybridized carbons (Fsp3) is 0.545. The lowest BCUT2D eigenvalue weighted by Gasteiger charge is -2.30. The molecule has 2 aliphatic heterocycles. The van der Waals surface area contributed by atoms with Gasteiger partial charge in [-0.3, -0.25) is 9.69 Å². The topological polar surface area (TPSA) is 77.3 Å². The van der Waals surface area contributed by atoms with E-state index in [0.717, 1.165) is 17.1 Å². The zero-order valence-corrected chi connectivity index (χ0v) is 17.8. The van der Waals surface area contributed by atoms with E-state index in [4.69, 9.17) is 18.6 Å². The molecule has 8 nitrogen and oxygen atoms in total. The molecule has 1 amide bonds. The van der Waals surface area contributed by atoms with Gasteiger partial charge in [0.1, 0.15) is 6.26 Å². The van der Waals surface area contributed by atoms with Crippen LogP contribution < -0.4 is 9.47 Å². The number of nitrogens with zero attached hydrogens (tertiary/aromatic N) is 3. The van der Waals surface area contributed by atoms with Crippen molar-refractivity contribution in [3.05, 3.63) is 41.6 Å². The molecule has 1 fully saturated rings. The second kappa shape index (κ2) is 9.06. The minimum atomic E-state index is -0.104. The molecule has 2 aromatic rings. The summed E-state index contributed by atoms with van der Waals surface area (Å²) in [5.41, 5.74) is 1.48. The van der Waals surface area contributed by atoms with Gasteiger partial charge in [0.05, 0.1) is 19.8 Å². The fourth-order valence-corrected chi connectivity index (χ4v) is 3.62. The first-order valence-electron chi connectivity index (χ1n) is 10.5. The number of fused-ring (bicyclic) bond motifs is 1. The summed E-state index contributed by atoms with van der Waals surface area (Å²) in [6.45, 7) is 10.4. The number of oxazole rings is 1. The van der Waals surface area contributed by atoms with Crippen LogP contribution in [0.2, 0.25) is 0 Å². The van der Waals surface area contributed by atoms with Crippen LogP contribution in [0.3, 0.4) is 0 Å². The van der Waals surface area contributed by atoms with Crippen molar-refractivity contribution >= 4 is 5.91 Å². The molecule has 0 bridgehead atoms. The number of amides is 1. The highest BCUT2D eigenvalue weighted by Crippen LogP contribution is 2.33. The Bertz CT molecular complexity index is 875. The SMILES string of the molecule is CC(C)C(C)N(Cc1ccc2c(c1)OCO2)Cc1nc(C(=O)N2CCOCC2)co1. The first kappa shape index (κ1) is 20.7. The van der Waals surface area contributed by atoms with E-state index >= 15 is 0 Å². The molecule has 0 saturated carbocycles. The van der Waals surface area contributed by atoms with Gasteiger partial charge in [-0.2, -0.15) is 0 Å². The van der Waals surface area contributed by atoms with E-state index in [1.165, 1.54) is 6.26 Å². The first-order chi connectivity index (χ1) is 14.5. The standard InChI is InChI=1S/C22H29N3O5/c1-15(2)16(3)25(11-17-4-5-19-20(10-17)30-14-29-19)12-21-23-18(13-28-21)22(26)24-6-8-27-9-7-24/h4-5,10,13,15-16H,6-9,11-12,14H2,1-3H3. The Kier molecular flexibility index (Phi) is 6.24. The zero-order valence-electron chi connectivity index (χ0n) is 17.8. The predicted octanol–water partition coefficient (Wildman–Crippen LogP) is 2.92. The van der Waals surface area contributed by atoms with Crippen LogP contribution in [0.25, 0.3) is 0 Å². The summed E-state index contributed by atoms with van der Waals surface area (Å²) in [6, 6.07) is 6.31. The lowest BCUT2D eigenvalue weighted by Crippen LogP contribution is -2.40. The Balaban J connectivity index is 1.47. The van der Waals surface area contributed by atoms with Crippen LogP contribution >= 0.6 is 0 Å². The number of carbonyl (C=O) groups is 1. The number of ether oxygens (including phenoxy) is 3. The highest BCUT2D eigenvalue weighted by Gasteiger charge is 2.25. The van der Waals surface area contributed by atoms with E-state index in [1.54, 1.807) is 4.90 Å². The maximum atomic E-state index is 12.6. The smallest absolute Gasteiger partial charge is 0.275 e. The molecule has 0 aliphatic carbocycles. The third-order valence-electron chi connectivity index (χ3n) is 5.77. The van der Waals surface area contributed by atoms with Crippen LogP contribution in [0.1, 0.15) is 42.7 Å². The van der Waals surface area contributed by atoms with Gasteiger partial charge in [-0.25, -0.2) is 4.98 Å². The second-order valence-electron chi connectivity index (χ2n) is 8.11. The van der Waals surface area contributed by atoms with Gasteiger partial charge in [0, 0.05) is 25.7 Å². The molecule has 8 heteroatoms. The Hall–Kier alpha value is -2.58. The second-order valence-corrected chi connectivity index (χ2v) is 8.11. The van der Waals surface area contributed by atoms with E-state index in [0.29, 0.717) is 62.9 Å². The number of rotatable bonds is 7. The lowest BCUT2D eigenvalue weighted by molar-refractivity contribution is 0.0299. The number of carbonyl (C=O) groups excluding carboxylic acids is 1. The van der Waals surface area contributed by atoms with Crippen molar-refractivity contribution in [3.8, 4) is 11.5 Å². The van der Waals surface area contributed by atoms with Gasteiger partial charge in [-0.15, -0.1) is 0 Å². The van der Waals surface area contributed by atoms with Gasteiger partial charge in [0.25, 0.3) is 5.91 Å². The van der Waals surface area contributed by atoms with Crippen LogP contribution in [0.5, 0.6) is 11.5 Å². The summed E-state index contributed by atoms with van der Waals surface area (Å²) in [4.78, 5) is 21.2. The van der Waals surface area contributed by atoms with Crippen molar-refractivity contribution in [2.45, 2.75) is 39.9 Å². The van der Waals surface area contributed by atoms with E-state index in [9.17, 15) is 4.79 Å². The number of benzene rings is 1. The molecule has 1 unspecified atom stereocenters. The Morgan fingerprint density at radius 2 is 1.90 bits per heavy atom. The number of morpholine rings is 1. The summed E-state index contributed by atoms with van der Waals surface area (Å²) in [6.07, 6.45) is 1.46. The maximum Gasteiger partial charge on any atom is 0.275 e. The zero-order chi connectivity index (χ0) is 21.1. The van der Waals surface area contributed by atoms with Crippen molar-refractivity contribution in [1.29, 1.82) is 0 Å². The number of aromatic nitrogens is 1. The Labute approximate surface area is 176 Å². The normalized spacial score (nSPS) is 17.0. The molecule has 1 atom stereocenters. The molecule has 0 spiro atoms. The van der Waals surface area contributed by atoms with E-state index in [1.807, 2.05) is 12.1 Å². The van der Waals surface area contributed by atoms with Gasteiger partial charge in [-0.05, 0) is 30.5 Å². The molecule has 1 aromatic carbocycles. The summed E-state index contributed by atoms with van der Waals surface area (Å²) >= 11 is 0. The fourth-order valence-electron chi connectivity index (χ4n) is 3.62. The monoisotopic (exact) mass is 415 g/mol. The van der Waals surface area contributed by atoms with E-state index in [2.05, 4.69) is 36.7 Å². The van der Waals surface area contributed by atoms with Crippen molar-refractivity contribution in [3.63, 3.8) is 0 Å². The molecule has 0 radical (unpaired) electrons. The highest BCUT2D eigenvalue weighted by atomic mass is 16.7. The molecule has 0 N–H and O–H groups in total. The van der Waals surface area contributed by atoms with Gasteiger partial charge < -0.3 is 23.5 Å². The van der Waals surface area contributed by atoms with Crippen LogP contribution in [0.15, 0.2) is 28.9 Å². The van der Waals surface area contributed by atoms with Crippen molar-refractivity contribution < 1.29 is 23.4 Å². The molecule has 1 aromatic heterocycles. The minimum Gasteiger partial charge on any atom is -0.454 e. The Morgan fingerprint density at radius 1 is 1.13 bits per heavy atom. The van der Waals surface area contributed by atoms with Gasteiger partial charge in [0.2, 0.25) is 12.7 Å². The molecular weight excluding hydrogens is 386 g/mol. The molecule has 162 valence electrons. The first-order valence-corrected chi connectivity index (χ1v) is 10.5. The summed E-state index contributed by atoms with van der Waals surface area (Å²) in [7, 11) is 0.